The van der Waals surface area contributed by atoms with Crippen molar-refractivity contribution in [1.82, 2.24) is 0 Å². The van der Waals surface area contributed by atoms with Gasteiger partial charge in [-0.25, -0.2) is 0 Å². The molecule has 0 aliphatic carbocycles. The van der Waals surface area contributed by atoms with Crippen LogP contribution < -0.4 is 4.74 Å². The first kappa shape index (κ1) is 23.9. The van der Waals surface area contributed by atoms with E-state index in [4.69, 9.17) is 4.74 Å². The van der Waals surface area contributed by atoms with E-state index in [-0.39, 0.29) is 0 Å². The Morgan fingerprint density at radius 2 is 0.725 bits per heavy atom. The van der Waals surface area contributed by atoms with Crippen molar-refractivity contribution in [3.63, 3.8) is 0 Å². The van der Waals surface area contributed by atoms with Gasteiger partial charge in [0.15, 0.2) is 0 Å². The van der Waals surface area contributed by atoms with Gasteiger partial charge in [-0.05, 0) is 84.3 Å². The maximum Gasteiger partial charge on any atom is 0.118 e. The van der Waals surface area contributed by atoms with E-state index < -0.39 is 0 Å². The summed E-state index contributed by atoms with van der Waals surface area (Å²) in [5.41, 5.74) is 9.78. The Hall–Kier alpha value is -5.14. The Morgan fingerprint density at radius 1 is 0.325 bits per heavy atom. The summed E-state index contributed by atoms with van der Waals surface area (Å²) in [6.07, 6.45) is 0. The zero-order valence-electron chi connectivity index (χ0n) is 22.3. The lowest BCUT2D eigenvalue weighted by Crippen LogP contribution is -1.92. The summed E-state index contributed by atoms with van der Waals surface area (Å²) in [4.78, 5) is 0. The molecule has 1 heteroatoms. The van der Waals surface area contributed by atoms with E-state index in [2.05, 4.69) is 140 Å². The SMILES string of the molecule is COc1ccc(-c2c3ccccc3c(-c3ccc(-c4ccccc4)cc3)c3ccc(-c4ccccc4)cc23)cc1. The number of hydrogen-bond acceptors (Lipinski definition) is 1. The molecule has 0 unspecified atom stereocenters. The van der Waals surface area contributed by atoms with Gasteiger partial charge in [0.05, 0.1) is 7.11 Å². The van der Waals surface area contributed by atoms with Crippen LogP contribution in [0.1, 0.15) is 0 Å². The minimum absolute atomic E-state index is 0.859. The van der Waals surface area contributed by atoms with Crippen molar-refractivity contribution in [2.75, 3.05) is 7.11 Å². The quantitative estimate of drug-likeness (QED) is 0.208. The molecule has 0 aliphatic heterocycles. The van der Waals surface area contributed by atoms with E-state index in [1.54, 1.807) is 7.11 Å². The van der Waals surface area contributed by atoms with Crippen LogP contribution in [0.2, 0.25) is 0 Å². The predicted molar refractivity (Wildman–Crippen MR) is 170 cm³/mol. The minimum atomic E-state index is 0.859. The van der Waals surface area contributed by atoms with Crippen molar-refractivity contribution in [3.05, 3.63) is 152 Å². The molecule has 1 nitrogen and oxygen atoms in total. The largest absolute Gasteiger partial charge is 0.497 e. The Kier molecular flexibility index (Phi) is 6.11. The summed E-state index contributed by atoms with van der Waals surface area (Å²) < 4.78 is 5.48. The summed E-state index contributed by atoms with van der Waals surface area (Å²) in [5.74, 6) is 0.859. The number of hydrogen-bond donors (Lipinski definition) is 0. The fourth-order valence-corrected chi connectivity index (χ4v) is 5.83. The van der Waals surface area contributed by atoms with Crippen LogP contribution in [0.25, 0.3) is 66.1 Å². The lowest BCUT2D eigenvalue weighted by Gasteiger charge is -2.19. The minimum Gasteiger partial charge on any atom is -0.497 e. The third-order valence-corrected chi connectivity index (χ3v) is 7.79. The molecule has 0 bridgehead atoms. The first-order valence-corrected chi connectivity index (χ1v) is 13.6. The molecular weight excluding hydrogens is 484 g/mol. The average Bonchev–Trinajstić information content (AvgIpc) is 3.04. The second-order valence-corrected chi connectivity index (χ2v) is 10.1. The highest BCUT2D eigenvalue weighted by atomic mass is 16.5. The third kappa shape index (κ3) is 4.22. The smallest absolute Gasteiger partial charge is 0.118 e. The second-order valence-electron chi connectivity index (χ2n) is 10.1. The summed E-state index contributed by atoms with van der Waals surface area (Å²) in [7, 11) is 1.71. The normalized spacial score (nSPS) is 11.1. The molecule has 0 N–H and O–H groups in total. The molecule has 0 saturated heterocycles. The monoisotopic (exact) mass is 512 g/mol. The molecule has 190 valence electrons. The molecule has 7 rings (SSSR count). The summed E-state index contributed by atoms with van der Waals surface area (Å²) in [6, 6.07) is 54.4. The molecule has 0 atom stereocenters. The number of benzene rings is 7. The predicted octanol–water partition coefficient (Wildman–Crippen LogP) is 10.7. The molecule has 40 heavy (non-hydrogen) atoms. The van der Waals surface area contributed by atoms with E-state index in [1.807, 2.05) is 12.1 Å². The lowest BCUT2D eigenvalue weighted by molar-refractivity contribution is 0.415. The highest BCUT2D eigenvalue weighted by molar-refractivity contribution is 6.22. The topological polar surface area (TPSA) is 9.23 Å². The van der Waals surface area contributed by atoms with Crippen LogP contribution in [0.15, 0.2) is 152 Å². The van der Waals surface area contributed by atoms with Gasteiger partial charge in [0.1, 0.15) is 5.75 Å². The summed E-state index contributed by atoms with van der Waals surface area (Å²) in [5, 5.41) is 4.98. The van der Waals surface area contributed by atoms with Crippen LogP contribution in [0.3, 0.4) is 0 Å². The maximum absolute atomic E-state index is 5.48. The number of ether oxygens (including phenoxy) is 1. The van der Waals surface area contributed by atoms with Crippen LogP contribution in [0.5, 0.6) is 5.75 Å². The van der Waals surface area contributed by atoms with Gasteiger partial charge in [0.2, 0.25) is 0 Å². The van der Waals surface area contributed by atoms with Gasteiger partial charge in [-0.2, -0.15) is 0 Å². The van der Waals surface area contributed by atoms with E-state index in [1.165, 1.54) is 66.1 Å². The fourth-order valence-electron chi connectivity index (χ4n) is 5.83. The van der Waals surface area contributed by atoms with Crippen LogP contribution in [0.4, 0.5) is 0 Å². The third-order valence-electron chi connectivity index (χ3n) is 7.79. The van der Waals surface area contributed by atoms with Crippen molar-refractivity contribution >= 4 is 21.5 Å². The molecule has 0 aromatic heterocycles. The van der Waals surface area contributed by atoms with E-state index in [9.17, 15) is 0 Å². The molecule has 7 aromatic carbocycles. The van der Waals surface area contributed by atoms with Gasteiger partial charge in [-0.3, -0.25) is 0 Å². The Labute approximate surface area is 235 Å². The summed E-state index contributed by atoms with van der Waals surface area (Å²) in [6.45, 7) is 0. The van der Waals surface area contributed by atoms with Crippen molar-refractivity contribution in [2.24, 2.45) is 0 Å². The fraction of sp³-hybridized carbons (Fsp3) is 0.0256. The van der Waals surface area contributed by atoms with Crippen molar-refractivity contribution in [1.29, 1.82) is 0 Å². The van der Waals surface area contributed by atoms with Gasteiger partial charge < -0.3 is 4.74 Å². The number of methoxy groups -OCH3 is 1. The van der Waals surface area contributed by atoms with E-state index in [0.717, 1.165) is 5.75 Å². The van der Waals surface area contributed by atoms with Crippen molar-refractivity contribution in [3.8, 4) is 50.3 Å². The molecule has 0 saturated carbocycles. The molecule has 0 fully saturated rings. The van der Waals surface area contributed by atoms with Crippen molar-refractivity contribution in [2.45, 2.75) is 0 Å². The number of fused-ring (bicyclic) bond motifs is 2. The average molecular weight is 513 g/mol. The second kappa shape index (κ2) is 10.2. The molecular formula is C39H28O. The van der Waals surface area contributed by atoms with Crippen molar-refractivity contribution < 1.29 is 4.74 Å². The Balaban J connectivity index is 1.52. The van der Waals surface area contributed by atoms with Crippen LogP contribution in [0, 0.1) is 0 Å². The van der Waals surface area contributed by atoms with E-state index >= 15 is 0 Å². The zero-order chi connectivity index (χ0) is 26.9. The first-order chi connectivity index (χ1) is 19.8. The summed E-state index contributed by atoms with van der Waals surface area (Å²) >= 11 is 0. The number of rotatable bonds is 5. The van der Waals surface area contributed by atoms with Gasteiger partial charge in [0.25, 0.3) is 0 Å². The highest BCUT2D eigenvalue weighted by Crippen LogP contribution is 2.45. The van der Waals surface area contributed by atoms with Gasteiger partial charge >= 0.3 is 0 Å². The molecule has 0 aliphatic rings. The van der Waals surface area contributed by atoms with Gasteiger partial charge in [-0.1, -0.05) is 133 Å². The first-order valence-electron chi connectivity index (χ1n) is 13.6. The van der Waals surface area contributed by atoms with Gasteiger partial charge in [0, 0.05) is 0 Å². The standard InChI is InChI=1S/C39H28O/c1-40-33-23-20-31(21-24-33)39-35-15-9-8-14-34(35)38(30-18-16-29(17-19-30)27-10-4-2-5-11-27)36-25-22-32(26-37(36)39)28-12-6-3-7-13-28/h2-26H,1H3. The highest BCUT2D eigenvalue weighted by Gasteiger charge is 2.17. The molecule has 0 radical (unpaired) electrons. The zero-order valence-corrected chi connectivity index (χ0v) is 22.3. The van der Waals surface area contributed by atoms with Crippen LogP contribution in [-0.2, 0) is 0 Å². The molecule has 0 heterocycles. The van der Waals surface area contributed by atoms with Crippen LogP contribution >= 0.6 is 0 Å². The molecule has 7 aromatic rings. The van der Waals surface area contributed by atoms with Gasteiger partial charge in [-0.15, -0.1) is 0 Å². The maximum atomic E-state index is 5.48. The van der Waals surface area contributed by atoms with E-state index in [0.29, 0.717) is 0 Å². The Bertz CT molecular complexity index is 1940. The lowest BCUT2D eigenvalue weighted by atomic mass is 9.84. The van der Waals surface area contributed by atoms with Crippen LogP contribution in [-0.4, -0.2) is 7.11 Å². The Morgan fingerprint density at radius 3 is 1.30 bits per heavy atom. The molecule has 0 amide bonds. The molecule has 0 spiro atoms.